The average molecular weight is 379 g/mol. The fourth-order valence-electron chi connectivity index (χ4n) is 0.901. The minimum atomic E-state index is -1.87. The van der Waals surface area contributed by atoms with Gasteiger partial charge >= 0.3 is 81.3 Å². The van der Waals surface area contributed by atoms with Gasteiger partial charge in [-0.3, -0.25) is 0 Å². The normalized spacial score (nSPS) is 13.8. The van der Waals surface area contributed by atoms with E-state index in [0.29, 0.717) is 5.41 Å². The van der Waals surface area contributed by atoms with Crippen molar-refractivity contribution in [1.82, 2.24) is 0 Å². The molecule has 0 aromatic rings. The molecule has 0 atom stereocenters. The van der Waals surface area contributed by atoms with Crippen molar-refractivity contribution in [2.24, 2.45) is 5.41 Å². The van der Waals surface area contributed by atoms with Gasteiger partial charge in [-0.2, -0.15) is 0 Å². The van der Waals surface area contributed by atoms with E-state index >= 15 is 0 Å². The second kappa shape index (κ2) is 4.13. The summed E-state index contributed by atoms with van der Waals surface area (Å²) < 4.78 is 2.68. The zero-order valence-electron chi connectivity index (χ0n) is 7.17. The van der Waals surface area contributed by atoms with Crippen LogP contribution in [0.3, 0.4) is 0 Å². The molecule has 10 heavy (non-hydrogen) atoms. The van der Waals surface area contributed by atoms with Crippen molar-refractivity contribution < 1.29 is 0 Å². The van der Waals surface area contributed by atoms with Crippen LogP contribution < -0.4 is 0 Å². The summed E-state index contributed by atoms with van der Waals surface area (Å²) in [5.74, 6) is 0. The van der Waals surface area contributed by atoms with Crippen LogP contribution in [0.1, 0.15) is 27.7 Å². The third-order valence-electron chi connectivity index (χ3n) is 1.31. The van der Waals surface area contributed by atoms with Crippen molar-refractivity contribution in [2.75, 3.05) is 0 Å². The molecule has 0 heterocycles. The Balaban J connectivity index is 3.89. The Hall–Kier alpha value is 1.76. The Bertz CT molecular complexity index is 105. The Kier molecular flexibility index (Phi) is 4.85. The first kappa shape index (κ1) is 11.8. The fourth-order valence-corrected chi connectivity index (χ4v) is 17.3. The summed E-state index contributed by atoms with van der Waals surface area (Å²) in [5, 5.41) is 0. The van der Waals surface area contributed by atoms with Crippen LogP contribution in [-0.4, -0.2) is 13.9 Å². The molecule has 0 aromatic carbocycles. The van der Waals surface area contributed by atoms with E-state index in [-0.39, 0.29) is 0 Å². The Morgan fingerprint density at radius 1 is 1.20 bits per heavy atom. The van der Waals surface area contributed by atoms with Crippen molar-refractivity contribution in [2.45, 2.75) is 36.6 Å². The third-order valence-corrected chi connectivity index (χ3v) is 20.0. The van der Waals surface area contributed by atoms with Crippen LogP contribution in [-0.2, 0) is 0 Å². The maximum absolute atomic E-state index is 3.84. The molecule has 0 amide bonds. The third kappa shape index (κ3) is 6.47. The SMILES string of the molecule is C[CH2][Sn]([Br])([Br])[CH2]C(C)(C)C. The topological polar surface area (TPSA) is 0 Å². The molecule has 0 rings (SSSR count). The number of halogens is 2. The second-order valence-electron chi connectivity index (χ2n) is 3.95. The molecule has 0 aromatic heterocycles. The molecule has 62 valence electrons. The van der Waals surface area contributed by atoms with Gasteiger partial charge in [0.2, 0.25) is 0 Å². The van der Waals surface area contributed by atoms with Crippen LogP contribution in [0.2, 0.25) is 8.87 Å². The molecule has 0 saturated heterocycles. The maximum atomic E-state index is 3.84. The van der Waals surface area contributed by atoms with E-state index in [2.05, 4.69) is 53.1 Å². The van der Waals surface area contributed by atoms with Gasteiger partial charge in [0.25, 0.3) is 0 Å². The van der Waals surface area contributed by atoms with Crippen molar-refractivity contribution in [1.29, 1.82) is 0 Å². The molecule has 0 spiro atoms. The number of hydrogen-bond donors (Lipinski definition) is 0. The van der Waals surface area contributed by atoms with Crippen LogP contribution in [0, 0.1) is 5.41 Å². The molecule has 0 bridgehead atoms. The summed E-state index contributed by atoms with van der Waals surface area (Å²) in [7, 11) is 0. The monoisotopic (exact) mass is 378 g/mol. The van der Waals surface area contributed by atoms with Crippen LogP contribution in [0.15, 0.2) is 0 Å². The Morgan fingerprint density at radius 2 is 1.60 bits per heavy atom. The molecular weight excluding hydrogens is 363 g/mol. The van der Waals surface area contributed by atoms with Crippen LogP contribution >= 0.6 is 25.4 Å². The number of rotatable bonds is 2. The van der Waals surface area contributed by atoms with E-state index in [1.807, 2.05) is 0 Å². The van der Waals surface area contributed by atoms with E-state index in [9.17, 15) is 0 Å². The summed E-state index contributed by atoms with van der Waals surface area (Å²) >= 11 is 5.81. The second-order valence-corrected chi connectivity index (χ2v) is 39.4. The van der Waals surface area contributed by atoms with Crippen LogP contribution in [0.5, 0.6) is 0 Å². The summed E-state index contributed by atoms with van der Waals surface area (Å²) in [6, 6.07) is 0. The van der Waals surface area contributed by atoms with Gasteiger partial charge in [0.1, 0.15) is 0 Å². The molecule has 3 heteroatoms. The molecule has 0 fully saturated rings. The van der Waals surface area contributed by atoms with Gasteiger partial charge in [-0.1, -0.05) is 0 Å². The van der Waals surface area contributed by atoms with Gasteiger partial charge in [-0.15, -0.1) is 0 Å². The van der Waals surface area contributed by atoms with E-state index in [0.717, 1.165) is 0 Å². The van der Waals surface area contributed by atoms with Crippen molar-refractivity contribution in [3.8, 4) is 0 Å². The van der Waals surface area contributed by atoms with Crippen LogP contribution in [0.25, 0.3) is 0 Å². The average Bonchev–Trinajstić information content (AvgIpc) is 1.60. The fraction of sp³-hybridized carbons (Fsp3) is 1.00. The van der Waals surface area contributed by atoms with Gasteiger partial charge in [0.05, 0.1) is 0 Å². The van der Waals surface area contributed by atoms with Crippen molar-refractivity contribution in [3.05, 3.63) is 0 Å². The molecule has 0 N–H and O–H groups in total. The minimum absolute atomic E-state index is 0.485. The standard InChI is InChI=1S/C5H11.C2H5.2BrH.Sn/c1-5(2,3)4;1-2;;;/h1H2,2-4H3;1H2,2H3;2*1H;/q;;;;+2/p-2. The molecule has 0 aliphatic heterocycles. The summed E-state index contributed by atoms with van der Waals surface area (Å²) in [6.07, 6.45) is 0. The molecule has 0 radical (unpaired) electrons. The first-order chi connectivity index (χ1) is 4.27. The van der Waals surface area contributed by atoms with Gasteiger partial charge < -0.3 is 0 Å². The first-order valence-electron chi connectivity index (χ1n) is 3.65. The van der Waals surface area contributed by atoms with Gasteiger partial charge in [-0.25, -0.2) is 0 Å². The van der Waals surface area contributed by atoms with Crippen molar-refractivity contribution >= 4 is 39.3 Å². The molecular formula is C7H16Br2Sn. The molecule has 0 nitrogen and oxygen atoms in total. The van der Waals surface area contributed by atoms with E-state index < -0.39 is 13.9 Å². The zero-order chi connectivity index (χ0) is 8.41. The zero-order valence-corrected chi connectivity index (χ0v) is 13.2. The van der Waals surface area contributed by atoms with E-state index in [1.165, 1.54) is 8.87 Å². The van der Waals surface area contributed by atoms with Gasteiger partial charge in [0, 0.05) is 0 Å². The molecule has 0 aliphatic rings. The van der Waals surface area contributed by atoms with Gasteiger partial charge in [-0.05, 0) is 0 Å². The van der Waals surface area contributed by atoms with E-state index in [4.69, 9.17) is 0 Å². The molecule has 0 unspecified atom stereocenters. The summed E-state index contributed by atoms with van der Waals surface area (Å²) in [4.78, 5) is 0. The predicted octanol–water partition coefficient (Wildman–Crippen LogP) is 4.28. The Labute approximate surface area is 80.5 Å². The predicted molar refractivity (Wildman–Crippen MR) is 58.4 cm³/mol. The summed E-state index contributed by atoms with van der Waals surface area (Å²) in [5.41, 5.74) is 0.485. The quantitative estimate of drug-likeness (QED) is 0.629. The number of hydrogen-bond acceptors (Lipinski definition) is 0. The van der Waals surface area contributed by atoms with Gasteiger partial charge in [0.15, 0.2) is 0 Å². The van der Waals surface area contributed by atoms with Crippen molar-refractivity contribution in [3.63, 3.8) is 0 Å². The van der Waals surface area contributed by atoms with E-state index in [1.54, 1.807) is 0 Å². The molecule has 0 aliphatic carbocycles. The Morgan fingerprint density at radius 3 is 1.70 bits per heavy atom. The summed E-state index contributed by atoms with van der Waals surface area (Å²) in [6.45, 7) is 9.18. The first-order valence-corrected chi connectivity index (χ1v) is 20.5. The van der Waals surface area contributed by atoms with Crippen LogP contribution in [0.4, 0.5) is 0 Å². The molecule has 0 saturated carbocycles.